The van der Waals surface area contributed by atoms with Crippen molar-refractivity contribution in [2.45, 2.75) is 58.9 Å². The maximum atomic E-state index is 14.7. The van der Waals surface area contributed by atoms with E-state index in [0.29, 0.717) is 37.5 Å². The summed E-state index contributed by atoms with van der Waals surface area (Å²) in [5, 5.41) is 18.5. The van der Waals surface area contributed by atoms with Crippen molar-refractivity contribution in [3.8, 4) is 22.5 Å². The number of aromatic amines is 1. The van der Waals surface area contributed by atoms with Crippen molar-refractivity contribution in [3.63, 3.8) is 0 Å². The Bertz CT molecular complexity index is 1200. The zero-order chi connectivity index (χ0) is 24.1. The Labute approximate surface area is 197 Å². The second-order valence-electron chi connectivity index (χ2n) is 8.89. The standard InChI is InChI=1S/C25H29F2N7/c1-4-5-14-25(26,27)24-28-22(34(31-24)16-17(2)3)15-18-10-12-19(13-11-18)20-8-6-7-9-21(20)23-29-32-33-30-23/h6-13,17H,4-5,14-16H2,1-3H3,(H,29,30,32,33). The fourth-order valence-electron chi connectivity index (χ4n) is 3.85. The molecule has 0 spiro atoms. The summed E-state index contributed by atoms with van der Waals surface area (Å²) in [7, 11) is 0. The third-order valence-corrected chi connectivity index (χ3v) is 5.60. The van der Waals surface area contributed by atoms with E-state index in [2.05, 4.69) is 30.7 Å². The number of hydrogen-bond donors (Lipinski definition) is 1. The number of rotatable bonds is 10. The SMILES string of the molecule is CCCCC(F)(F)c1nc(Cc2ccc(-c3ccccc3-c3nn[nH]n3)cc2)n(CC(C)C)n1. The van der Waals surface area contributed by atoms with Crippen LogP contribution in [-0.2, 0) is 18.9 Å². The van der Waals surface area contributed by atoms with E-state index < -0.39 is 5.92 Å². The molecule has 0 saturated carbocycles. The van der Waals surface area contributed by atoms with E-state index in [0.717, 1.165) is 22.3 Å². The highest BCUT2D eigenvalue weighted by molar-refractivity contribution is 5.80. The molecule has 2 aromatic heterocycles. The van der Waals surface area contributed by atoms with Crippen LogP contribution in [0.1, 0.15) is 57.2 Å². The van der Waals surface area contributed by atoms with Crippen LogP contribution in [0.5, 0.6) is 0 Å². The van der Waals surface area contributed by atoms with Gasteiger partial charge in [-0.25, -0.2) is 9.67 Å². The second-order valence-corrected chi connectivity index (χ2v) is 8.89. The number of alkyl halides is 2. The topological polar surface area (TPSA) is 85.2 Å². The van der Waals surface area contributed by atoms with Crippen LogP contribution in [0.3, 0.4) is 0 Å². The molecule has 0 saturated heterocycles. The van der Waals surface area contributed by atoms with E-state index in [1.807, 2.05) is 69.3 Å². The van der Waals surface area contributed by atoms with Gasteiger partial charge in [-0.05, 0) is 34.2 Å². The van der Waals surface area contributed by atoms with Crippen molar-refractivity contribution in [2.75, 3.05) is 0 Å². The van der Waals surface area contributed by atoms with Gasteiger partial charge in [-0.1, -0.05) is 75.7 Å². The molecular formula is C25H29F2N7. The van der Waals surface area contributed by atoms with Gasteiger partial charge in [0.1, 0.15) is 5.82 Å². The molecule has 4 aromatic rings. The Morgan fingerprint density at radius 1 is 1.03 bits per heavy atom. The van der Waals surface area contributed by atoms with Crippen LogP contribution in [0.2, 0.25) is 0 Å². The zero-order valence-electron chi connectivity index (χ0n) is 19.7. The predicted molar refractivity (Wildman–Crippen MR) is 126 cm³/mol. The van der Waals surface area contributed by atoms with Gasteiger partial charge in [0.05, 0.1) is 0 Å². The van der Waals surface area contributed by atoms with Gasteiger partial charge in [0.15, 0.2) is 0 Å². The Hall–Kier alpha value is -3.49. The van der Waals surface area contributed by atoms with Crippen molar-refractivity contribution in [2.24, 2.45) is 5.92 Å². The van der Waals surface area contributed by atoms with Gasteiger partial charge in [-0.3, -0.25) is 0 Å². The van der Waals surface area contributed by atoms with E-state index in [4.69, 9.17) is 0 Å². The molecule has 0 amide bonds. The molecule has 0 unspecified atom stereocenters. The van der Waals surface area contributed by atoms with Gasteiger partial charge in [0.2, 0.25) is 11.6 Å². The first-order chi connectivity index (χ1) is 16.4. The normalized spacial score (nSPS) is 11.9. The number of nitrogens with one attached hydrogen (secondary N) is 1. The Morgan fingerprint density at radius 2 is 1.76 bits per heavy atom. The summed E-state index contributed by atoms with van der Waals surface area (Å²) in [4.78, 5) is 4.29. The van der Waals surface area contributed by atoms with Crippen LogP contribution in [0.4, 0.5) is 8.78 Å². The molecule has 0 aliphatic heterocycles. The van der Waals surface area contributed by atoms with Crippen LogP contribution < -0.4 is 0 Å². The summed E-state index contributed by atoms with van der Waals surface area (Å²) in [6.07, 6.45) is 1.34. The summed E-state index contributed by atoms with van der Waals surface area (Å²) < 4.78 is 30.9. The fraction of sp³-hybridized carbons (Fsp3) is 0.400. The monoisotopic (exact) mass is 465 g/mol. The van der Waals surface area contributed by atoms with E-state index in [-0.39, 0.29) is 18.2 Å². The average molecular weight is 466 g/mol. The third-order valence-electron chi connectivity index (χ3n) is 5.60. The molecule has 0 bridgehead atoms. The van der Waals surface area contributed by atoms with Crippen LogP contribution in [0.25, 0.3) is 22.5 Å². The summed E-state index contributed by atoms with van der Waals surface area (Å²) in [5.74, 6) is -2.04. The van der Waals surface area contributed by atoms with Crippen molar-refractivity contribution < 1.29 is 8.78 Å². The van der Waals surface area contributed by atoms with Gasteiger partial charge in [0, 0.05) is 24.9 Å². The maximum Gasteiger partial charge on any atom is 0.308 e. The number of H-pyrrole nitrogens is 1. The molecular weight excluding hydrogens is 436 g/mol. The lowest BCUT2D eigenvalue weighted by Gasteiger charge is -2.11. The Morgan fingerprint density at radius 3 is 2.41 bits per heavy atom. The predicted octanol–water partition coefficient (Wildman–Crippen LogP) is 5.65. The number of halogens is 2. The van der Waals surface area contributed by atoms with Crippen LogP contribution in [-0.4, -0.2) is 35.4 Å². The number of hydrogen-bond acceptors (Lipinski definition) is 5. The molecule has 0 atom stereocenters. The smallest absolute Gasteiger partial charge is 0.249 e. The molecule has 0 radical (unpaired) electrons. The highest BCUT2D eigenvalue weighted by Crippen LogP contribution is 2.32. The van der Waals surface area contributed by atoms with Crippen molar-refractivity contribution in [3.05, 3.63) is 65.7 Å². The molecule has 0 aliphatic rings. The summed E-state index contributed by atoms with van der Waals surface area (Å²) in [6, 6.07) is 15.8. The zero-order valence-corrected chi connectivity index (χ0v) is 19.7. The molecule has 4 rings (SSSR count). The van der Waals surface area contributed by atoms with Crippen molar-refractivity contribution >= 4 is 0 Å². The van der Waals surface area contributed by atoms with E-state index in [9.17, 15) is 8.78 Å². The number of tetrazole rings is 1. The van der Waals surface area contributed by atoms with Crippen molar-refractivity contribution in [1.29, 1.82) is 0 Å². The maximum absolute atomic E-state index is 14.7. The first kappa shape index (κ1) is 23.7. The average Bonchev–Trinajstić information content (AvgIpc) is 3.49. The molecule has 34 heavy (non-hydrogen) atoms. The minimum Gasteiger partial charge on any atom is -0.249 e. The Balaban J connectivity index is 1.59. The van der Waals surface area contributed by atoms with Gasteiger partial charge in [0.25, 0.3) is 0 Å². The first-order valence-electron chi connectivity index (χ1n) is 11.6. The quantitative estimate of drug-likeness (QED) is 0.327. The minimum atomic E-state index is -3.02. The molecule has 2 heterocycles. The van der Waals surface area contributed by atoms with Gasteiger partial charge >= 0.3 is 5.92 Å². The molecule has 1 N–H and O–H groups in total. The highest BCUT2D eigenvalue weighted by atomic mass is 19.3. The first-order valence-corrected chi connectivity index (χ1v) is 11.6. The third kappa shape index (κ3) is 5.35. The lowest BCUT2D eigenvalue weighted by Crippen LogP contribution is -2.16. The van der Waals surface area contributed by atoms with E-state index in [1.165, 1.54) is 0 Å². The largest absolute Gasteiger partial charge is 0.308 e. The Kier molecular flexibility index (Phi) is 7.09. The van der Waals surface area contributed by atoms with Gasteiger partial charge in [-0.2, -0.15) is 14.0 Å². The van der Waals surface area contributed by atoms with E-state index >= 15 is 0 Å². The molecule has 0 fully saturated rings. The van der Waals surface area contributed by atoms with E-state index in [1.54, 1.807) is 4.68 Å². The molecule has 9 heteroatoms. The number of benzene rings is 2. The van der Waals surface area contributed by atoms with Crippen molar-refractivity contribution in [1.82, 2.24) is 35.4 Å². The second kappa shape index (κ2) is 10.2. The van der Waals surface area contributed by atoms with Gasteiger partial charge < -0.3 is 0 Å². The summed E-state index contributed by atoms with van der Waals surface area (Å²) in [5.41, 5.74) is 3.83. The summed E-state index contributed by atoms with van der Waals surface area (Å²) in [6.45, 7) is 6.52. The van der Waals surface area contributed by atoms with Crippen LogP contribution in [0, 0.1) is 5.92 Å². The lowest BCUT2D eigenvalue weighted by molar-refractivity contribution is -0.0246. The number of aromatic nitrogens is 7. The van der Waals surface area contributed by atoms with Gasteiger partial charge in [-0.15, -0.1) is 15.3 Å². The van der Waals surface area contributed by atoms with Crippen LogP contribution in [0.15, 0.2) is 48.5 Å². The molecule has 7 nitrogen and oxygen atoms in total. The molecule has 2 aromatic carbocycles. The minimum absolute atomic E-state index is 0.233. The summed E-state index contributed by atoms with van der Waals surface area (Å²) >= 11 is 0. The van der Waals surface area contributed by atoms with Crippen LogP contribution >= 0.6 is 0 Å². The number of nitrogens with zero attached hydrogens (tertiary/aromatic N) is 6. The fourth-order valence-corrected chi connectivity index (χ4v) is 3.85. The lowest BCUT2D eigenvalue weighted by atomic mass is 9.98. The number of unbranched alkanes of at least 4 members (excludes halogenated alkanes) is 1. The highest BCUT2D eigenvalue weighted by Gasteiger charge is 2.36. The molecule has 178 valence electrons. The molecule has 0 aliphatic carbocycles.